The molecule has 3 rings (SSSR count). The van der Waals surface area contributed by atoms with Gasteiger partial charge < -0.3 is 9.47 Å². The Morgan fingerprint density at radius 2 is 1.61 bits per heavy atom. The Hall–Kier alpha value is -1.51. The molecule has 28 heavy (non-hydrogen) atoms. The molecule has 4 unspecified atom stereocenters. The van der Waals surface area contributed by atoms with E-state index in [2.05, 4.69) is 13.8 Å². The predicted molar refractivity (Wildman–Crippen MR) is 114 cm³/mol. The van der Waals surface area contributed by atoms with Crippen LogP contribution >= 0.6 is 0 Å². The first-order chi connectivity index (χ1) is 13.7. The summed E-state index contributed by atoms with van der Waals surface area (Å²) in [7, 11) is 0. The van der Waals surface area contributed by atoms with Crippen molar-refractivity contribution in [1.82, 2.24) is 0 Å². The van der Waals surface area contributed by atoms with Crippen LogP contribution < -0.4 is 9.47 Å². The lowest BCUT2D eigenvalue weighted by Crippen LogP contribution is -2.35. The first-order valence-electron chi connectivity index (χ1n) is 11.6. The maximum atomic E-state index is 12.7. The quantitative estimate of drug-likeness (QED) is 0.266. The van der Waals surface area contributed by atoms with Gasteiger partial charge in [-0.05, 0) is 80.5 Å². The molecule has 2 aliphatic carbocycles. The fraction of sp³-hybridized carbons (Fsp3) is 0.720. The van der Waals surface area contributed by atoms with Crippen molar-refractivity contribution in [2.24, 2.45) is 23.7 Å². The number of hydrogen-bond donors (Lipinski definition) is 0. The van der Waals surface area contributed by atoms with Gasteiger partial charge in [-0.1, -0.05) is 46.0 Å². The van der Waals surface area contributed by atoms with Gasteiger partial charge in [0.1, 0.15) is 11.5 Å². The number of hydrogen-bond acceptors (Lipinski definition) is 3. The van der Waals surface area contributed by atoms with Gasteiger partial charge in [-0.2, -0.15) is 0 Å². The van der Waals surface area contributed by atoms with Gasteiger partial charge in [0.05, 0.1) is 12.5 Å². The summed E-state index contributed by atoms with van der Waals surface area (Å²) in [5, 5.41) is 0. The van der Waals surface area contributed by atoms with Crippen LogP contribution in [0, 0.1) is 23.7 Å². The lowest BCUT2D eigenvalue weighted by molar-refractivity contribution is -0.141. The summed E-state index contributed by atoms with van der Waals surface area (Å²) in [6, 6.07) is 7.45. The Morgan fingerprint density at radius 3 is 2.36 bits per heavy atom. The van der Waals surface area contributed by atoms with E-state index in [0.29, 0.717) is 12.4 Å². The summed E-state index contributed by atoms with van der Waals surface area (Å²) in [6.07, 6.45) is 13.8. The summed E-state index contributed by atoms with van der Waals surface area (Å²) >= 11 is 0. The molecule has 2 fully saturated rings. The number of unbranched alkanes of at least 4 members (excludes halogenated alkanes) is 2. The first-order valence-corrected chi connectivity index (χ1v) is 11.6. The number of fused-ring (bicyclic) bond motifs is 1. The number of esters is 1. The van der Waals surface area contributed by atoms with E-state index in [-0.39, 0.29) is 11.9 Å². The molecule has 4 atom stereocenters. The van der Waals surface area contributed by atoms with Crippen molar-refractivity contribution in [2.45, 2.75) is 84.5 Å². The molecular formula is C25H38O3. The third kappa shape index (κ3) is 5.99. The molecule has 3 nitrogen and oxygen atoms in total. The number of benzene rings is 1. The maximum Gasteiger partial charge on any atom is 0.314 e. The highest BCUT2D eigenvalue weighted by molar-refractivity contribution is 5.75. The Labute approximate surface area is 171 Å². The smallest absolute Gasteiger partial charge is 0.314 e. The minimum Gasteiger partial charge on any atom is -0.494 e. The van der Waals surface area contributed by atoms with Crippen LogP contribution in [0.2, 0.25) is 0 Å². The Balaban J connectivity index is 1.44. The van der Waals surface area contributed by atoms with Crippen LogP contribution in [0.3, 0.4) is 0 Å². The maximum absolute atomic E-state index is 12.7. The fourth-order valence-electron chi connectivity index (χ4n) is 5.17. The summed E-state index contributed by atoms with van der Waals surface area (Å²) < 4.78 is 11.3. The van der Waals surface area contributed by atoms with Crippen LogP contribution in [0.15, 0.2) is 24.3 Å². The van der Waals surface area contributed by atoms with Gasteiger partial charge in [-0.15, -0.1) is 0 Å². The monoisotopic (exact) mass is 386 g/mol. The minimum atomic E-state index is -0.0363. The average Bonchev–Trinajstić information content (AvgIpc) is 2.73. The van der Waals surface area contributed by atoms with E-state index in [1.165, 1.54) is 51.4 Å². The lowest BCUT2D eigenvalue weighted by Gasteiger charge is -2.41. The van der Waals surface area contributed by atoms with E-state index < -0.39 is 0 Å². The zero-order chi connectivity index (χ0) is 19.8. The highest BCUT2D eigenvalue weighted by atomic mass is 16.5. The topological polar surface area (TPSA) is 35.5 Å². The van der Waals surface area contributed by atoms with Crippen molar-refractivity contribution in [3.8, 4) is 11.5 Å². The molecule has 3 heteroatoms. The van der Waals surface area contributed by atoms with Crippen molar-refractivity contribution in [1.29, 1.82) is 0 Å². The SMILES string of the molecule is CCCCCC1CCC2CC(C(=O)Oc3ccc(OCCC)cc3)CCC2C1. The Kier molecular flexibility index (Phi) is 8.24. The molecule has 2 saturated carbocycles. The molecule has 0 aromatic heterocycles. The van der Waals surface area contributed by atoms with E-state index in [1.807, 2.05) is 24.3 Å². The van der Waals surface area contributed by atoms with Crippen molar-refractivity contribution in [3.05, 3.63) is 24.3 Å². The van der Waals surface area contributed by atoms with Gasteiger partial charge in [0.2, 0.25) is 0 Å². The molecular weight excluding hydrogens is 348 g/mol. The average molecular weight is 387 g/mol. The highest BCUT2D eigenvalue weighted by Crippen LogP contribution is 2.46. The molecule has 0 N–H and O–H groups in total. The third-order valence-electron chi connectivity index (χ3n) is 6.79. The van der Waals surface area contributed by atoms with Crippen molar-refractivity contribution in [3.63, 3.8) is 0 Å². The summed E-state index contributed by atoms with van der Waals surface area (Å²) in [6.45, 7) is 5.08. The summed E-state index contributed by atoms with van der Waals surface area (Å²) in [4.78, 5) is 12.7. The lowest BCUT2D eigenvalue weighted by atomic mass is 9.64. The molecule has 0 amide bonds. The predicted octanol–water partition coefficient (Wildman–Crippen LogP) is 6.79. The number of carbonyl (C=O) groups excluding carboxylic acids is 1. The molecule has 0 heterocycles. The summed E-state index contributed by atoms with van der Waals surface area (Å²) in [5.41, 5.74) is 0. The second-order valence-corrected chi connectivity index (χ2v) is 8.95. The van der Waals surface area contributed by atoms with E-state index >= 15 is 0 Å². The zero-order valence-corrected chi connectivity index (χ0v) is 17.8. The van der Waals surface area contributed by atoms with E-state index in [1.54, 1.807) is 0 Å². The second kappa shape index (κ2) is 10.9. The molecule has 0 aliphatic heterocycles. The number of ether oxygens (including phenoxy) is 2. The number of rotatable bonds is 9. The van der Waals surface area contributed by atoms with Crippen LogP contribution in [0.4, 0.5) is 0 Å². The van der Waals surface area contributed by atoms with Crippen LogP contribution in [0.5, 0.6) is 11.5 Å². The molecule has 156 valence electrons. The van der Waals surface area contributed by atoms with E-state index in [4.69, 9.17) is 9.47 Å². The van der Waals surface area contributed by atoms with Crippen LogP contribution in [-0.4, -0.2) is 12.6 Å². The molecule has 2 aliphatic rings. The van der Waals surface area contributed by atoms with Gasteiger partial charge in [0.25, 0.3) is 0 Å². The van der Waals surface area contributed by atoms with Crippen molar-refractivity contribution < 1.29 is 14.3 Å². The van der Waals surface area contributed by atoms with Gasteiger partial charge in [-0.3, -0.25) is 4.79 Å². The fourth-order valence-corrected chi connectivity index (χ4v) is 5.17. The normalized spacial score (nSPS) is 27.1. The second-order valence-electron chi connectivity index (χ2n) is 8.95. The Morgan fingerprint density at radius 1 is 0.893 bits per heavy atom. The zero-order valence-electron chi connectivity index (χ0n) is 17.8. The van der Waals surface area contributed by atoms with Gasteiger partial charge in [0.15, 0.2) is 0 Å². The molecule has 0 radical (unpaired) electrons. The minimum absolute atomic E-state index is 0.0363. The first kappa shape index (κ1) is 21.2. The van der Waals surface area contributed by atoms with E-state index in [0.717, 1.165) is 42.8 Å². The van der Waals surface area contributed by atoms with E-state index in [9.17, 15) is 4.79 Å². The molecule has 0 bridgehead atoms. The molecule has 1 aromatic rings. The molecule has 1 aromatic carbocycles. The van der Waals surface area contributed by atoms with Gasteiger partial charge in [0, 0.05) is 0 Å². The van der Waals surface area contributed by atoms with Crippen LogP contribution in [-0.2, 0) is 4.79 Å². The Bertz CT molecular complexity index is 594. The molecule has 0 saturated heterocycles. The van der Waals surface area contributed by atoms with Crippen molar-refractivity contribution >= 4 is 5.97 Å². The molecule has 0 spiro atoms. The largest absolute Gasteiger partial charge is 0.494 e. The van der Waals surface area contributed by atoms with Crippen LogP contribution in [0.1, 0.15) is 84.5 Å². The van der Waals surface area contributed by atoms with Crippen molar-refractivity contribution in [2.75, 3.05) is 6.61 Å². The highest BCUT2D eigenvalue weighted by Gasteiger charge is 2.38. The van der Waals surface area contributed by atoms with Gasteiger partial charge in [-0.25, -0.2) is 0 Å². The van der Waals surface area contributed by atoms with Crippen LogP contribution in [0.25, 0.3) is 0 Å². The third-order valence-corrected chi connectivity index (χ3v) is 6.79. The standard InChI is InChI=1S/C25H38O3/c1-3-5-6-7-19-8-9-21-18-22(11-10-20(21)17-19)25(26)28-24-14-12-23(13-15-24)27-16-4-2/h12-15,19-22H,3-11,16-18H2,1-2H3. The van der Waals surface area contributed by atoms with Gasteiger partial charge >= 0.3 is 5.97 Å². The number of carbonyl (C=O) groups is 1. The summed E-state index contributed by atoms with van der Waals surface area (Å²) in [5.74, 6) is 4.02.